The van der Waals surface area contributed by atoms with Crippen molar-refractivity contribution in [3.05, 3.63) is 0 Å². The van der Waals surface area contributed by atoms with Gasteiger partial charge >= 0.3 is 0 Å². The van der Waals surface area contributed by atoms with Gasteiger partial charge in [0.15, 0.2) is 0 Å². The summed E-state index contributed by atoms with van der Waals surface area (Å²) in [5.74, 6) is 0.312. The van der Waals surface area contributed by atoms with Gasteiger partial charge in [-0.2, -0.15) is 0 Å². The van der Waals surface area contributed by atoms with E-state index in [1.807, 2.05) is 6.92 Å². The van der Waals surface area contributed by atoms with E-state index in [2.05, 4.69) is 0 Å². The quantitative estimate of drug-likeness (QED) is 0.535. The zero-order chi connectivity index (χ0) is 6.36. The lowest BCUT2D eigenvalue weighted by Crippen LogP contribution is -1.87. The number of hydrogen-bond acceptors (Lipinski definition) is 0. The van der Waals surface area contributed by atoms with E-state index in [9.17, 15) is 0 Å². The third-order valence-corrected chi connectivity index (χ3v) is 3.45. The number of alkyl halides is 3. The van der Waals surface area contributed by atoms with Gasteiger partial charge in [0.25, 0.3) is 0 Å². The highest BCUT2D eigenvalue weighted by Gasteiger charge is 2.61. The van der Waals surface area contributed by atoms with Crippen molar-refractivity contribution in [2.24, 2.45) is 5.92 Å². The van der Waals surface area contributed by atoms with Crippen LogP contribution in [0, 0.1) is 5.92 Å². The molecule has 0 aromatic heterocycles. The molecule has 2 atom stereocenters. The van der Waals surface area contributed by atoms with Crippen LogP contribution in [0.2, 0.25) is 0 Å². The summed E-state index contributed by atoms with van der Waals surface area (Å²) in [6.07, 6.45) is 0.973. The molecule has 0 N–H and O–H groups in total. The molecule has 0 aromatic carbocycles. The molecule has 1 aliphatic rings. The lowest BCUT2D eigenvalue weighted by atomic mass is 10.3. The Labute approximate surface area is 64.1 Å². The van der Waals surface area contributed by atoms with E-state index in [0.717, 1.165) is 6.42 Å². The average Bonchev–Trinajstić information content (AvgIpc) is 2.09. The van der Waals surface area contributed by atoms with Gasteiger partial charge < -0.3 is 0 Å². The maximum absolute atomic E-state index is 5.69. The van der Waals surface area contributed by atoms with Crippen LogP contribution in [0.4, 0.5) is 0 Å². The summed E-state index contributed by atoms with van der Waals surface area (Å²) >= 11 is 17.1. The van der Waals surface area contributed by atoms with E-state index in [1.165, 1.54) is 0 Å². The first-order valence-electron chi connectivity index (χ1n) is 2.62. The molecular formula is C5H7Cl3. The van der Waals surface area contributed by atoms with E-state index in [4.69, 9.17) is 34.8 Å². The molecule has 1 fully saturated rings. The molecule has 0 spiro atoms. The molecule has 3 heteroatoms. The zero-order valence-electron chi connectivity index (χ0n) is 4.50. The molecule has 1 aliphatic carbocycles. The summed E-state index contributed by atoms with van der Waals surface area (Å²) in [5.41, 5.74) is 0. The topological polar surface area (TPSA) is 0 Å². The van der Waals surface area contributed by atoms with Gasteiger partial charge in [-0.15, -0.1) is 11.6 Å². The van der Waals surface area contributed by atoms with Crippen LogP contribution in [-0.4, -0.2) is 9.71 Å². The Bertz CT molecular complexity index is 99.8. The Balaban J connectivity index is 2.45. The monoisotopic (exact) mass is 172 g/mol. The second-order valence-electron chi connectivity index (χ2n) is 2.09. The van der Waals surface area contributed by atoms with Gasteiger partial charge in [0.2, 0.25) is 0 Å². The minimum absolute atomic E-state index is 0.0177. The molecule has 0 amide bonds. The Morgan fingerprint density at radius 2 is 1.88 bits per heavy atom. The Morgan fingerprint density at radius 1 is 1.50 bits per heavy atom. The van der Waals surface area contributed by atoms with Crippen molar-refractivity contribution < 1.29 is 0 Å². The number of hydrogen-bond donors (Lipinski definition) is 0. The second kappa shape index (κ2) is 1.93. The highest BCUT2D eigenvalue weighted by molar-refractivity contribution is 6.56. The molecule has 8 heavy (non-hydrogen) atoms. The molecule has 0 aliphatic heterocycles. The maximum atomic E-state index is 5.69. The van der Waals surface area contributed by atoms with Crippen LogP contribution in [-0.2, 0) is 0 Å². The van der Waals surface area contributed by atoms with E-state index in [0.29, 0.717) is 5.92 Å². The lowest BCUT2D eigenvalue weighted by molar-refractivity contribution is 0.789. The fraction of sp³-hybridized carbons (Fsp3) is 1.00. The molecule has 0 nitrogen and oxygen atoms in total. The van der Waals surface area contributed by atoms with Crippen molar-refractivity contribution in [3.63, 3.8) is 0 Å². The van der Waals surface area contributed by atoms with Gasteiger partial charge in [0.05, 0.1) is 5.38 Å². The first kappa shape index (κ1) is 6.98. The van der Waals surface area contributed by atoms with Gasteiger partial charge in [-0.25, -0.2) is 0 Å². The third kappa shape index (κ3) is 0.832. The Kier molecular flexibility index (Phi) is 1.69. The smallest absolute Gasteiger partial charge is 0.119 e. The van der Waals surface area contributed by atoms with Crippen molar-refractivity contribution in [1.82, 2.24) is 0 Å². The number of halogens is 3. The predicted octanol–water partition coefficient (Wildman–Crippen LogP) is 2.81. The standard InChI is InChI=1S/C5H7Cl3/c1-2-3-4(6)5(3,7)8/h3-4H,2H2,1H3. The number of rotatable bonds is 1. The van der Waals surface area contributed by atoms with Crippen LogP contribution >= 0.6 is 34.8 Å². The van der Waals surface area contributed by atoms with Crippen LogP contribution in [0.5, 0.6) is 0 Å². The first-order valence-corrected chi connectivity index (χ1v) is 3.81. The summed E-state index contributed by atoms with van der Waals surface area (Å²) in [5, 5.41) is -0.0177. The van der Waals surface area contributed by atoms with Crippen molar-refractivity contribution >= 4 is 34.8 Å². The van der Waals surface area contributed by atoms with Crippen LogP contribution in [0.3, 0.4) is 0 Å². The summed E-state index contributed by atoms with van der Waals surface area (Å²) in [7, 11) is 0. The Morgan fingerprint density at radius 3 is 1.88 bits per heavy atom. The zero-order valence-corrected chi connectivity index (χ0v) is 6.76. The molecule has 2 unspecified atom stereocenters. The van der Waals surface area contributed by atoms with Crippen LogP contribution in [0.25, 0.3) is 0 Å². The second-order valence-corrected chi connectivity index (χ2v) is 4.01. The molecule has 0 bridgehead atoms. The van der Waals surface area contributed by atoms with Crippen LogP contribution in [0.15, 0.2) is 0 Å². The largest absolute Gasteiger partial charge is 0.139 e. The van der Waals surface area contributed by atoms with E-state index in [-0.39, 0.29) is 5.38 Å². The maximum Gasteiger partial charge on any atom is 0.139 e. The molecule has 48 valence electrons. The minimum Gasteiger partial charge on any atom is -0.119 e. The highest BCUT2D eigenvalue weighted by atomic mass is 35.5. The molecular weight excluding hydrogens is 166 g/mol. The highest BCUT2D eigenvalue weighted by Crippen LogP contribution is 2.58. The fourth-order valence-electron chi connectivity index (χ4n) is 0.828. The van der Waals surface area contributed by atoms with E-state index < -0.39 is 4.33 Å². The molecule has 0 saturated heterocycles. The van der Waals surface area contributed by atoms with Crippen LogP contribution in [0.1, 0.15) is 13.3 Å². The molecule has 0 aromatic rings. The first-order chi connectivity index (χ1) is 3.60. The third-order valence-electron chi connectivity index (χ3n) is 1.55. The van der Waals surface area contributed by atoms with Crippen molar-refractivity contribution in [1.29, 1.82) is 0 Å². The minimum atomic E-state index is -0.615. The van der Waals surface area contributed by atoms with Gasteiger partial charge in [-0.3, -0.25) is 0 Å². The van der Waals surface area contributed by atoms with E-state index >= 15 is 0 Å². The SMILES string of the molecule is CCC1C(Cl)C1(Cl)Cl. The van der Waals surface area contributed by atoms with Gasteiger partial charge in [-0.05, 0) is 6.42 Å². The van der Waals surface area contributed by atoms with Crippen molar-refractivity contribution in [2.75, 3.05) is 0 Å². The van der Waals surface area contributed by atoms with Gasteiger partial charge in [-0.1, -0.05) is 30.1 Å². The normalized spacial score (nSPS) is 42.0. The summed E-state index contributed by atoms with van der Waals surface area (Å²) in [6.45, 7) is 2.03. The fourth-order valence-corrected chi connectivity index (χ4v) is 2.16. The van der Waals surface area contributed by atoms with Crippen LogP contribution < -0.4 is 0 Å². The molecule has 1 saturated carbocycles. The van der Waals surface area contributed by atoms with Crippen molar-refractivity contribution in [3.8, 4) is 0 Å². The van der Waals surface area contributed by atoms with Gasteiger partial charge in [0, 0.05) is 5.92 Å². The summed E-state index contributed by atoms with van der Waals surface area (Å²) < 4.78 is -0.615. The Hall–Kier alpha value is 0.870. The summed E-state index contributed by atoms with van der Waals surface area (Å²) in [6, 6.07) is 0. The molecule has 0 heterocycles. The lowest BCUT2D eigenvalue weighted by Gasteiger charge is -1.89. The predicted molar refractivity (Wildman–Crippen MR) is 37.9 cm³/mol. The summed E-state index contributed by atoms with van der Waals surface area (Å²) in [4.78, 5) is 0. The van der Waals surface area contributed by atoms with Crippen molar-refractivity contribution in [2.45, 2.75) is 23.1 Å². The average molecular weight is 173 g/mol. The molecule has 0 radical (unpaired) electrons. The van der Waals surface area contributed by atoms with Gasteiger partial charge in [0.1, 0.15) is 4.33 Å². The molecule has 1 rings (SSSR count). The van der Waals surface area contributed by atoms with E-state index in [1.54, 1.807) is 0 Å².